The first-order valence-corrected chi connectivity index (χ1v) is 5.60. The van der Waals surface area contributed by atoms with Gasteiger partial charge in [0.2, 0.25) is 0 Å². The van der Waals surface area contributed by atoms with Gasteiger partial charge in [0, 0.05) is 18.9 Å². The van der Waals surface area contributed by atoms with Crippen LogP contribution in [0.15, 0.2) is 0 Å². The number of carbonyl (C=O) groups excluding carboxylic acids is 1. The van der Waals surface area contributed by atoms with Crippen molar-refractivity contribution in [1.29, 1.82) is 0 Å². The zero-order valence-corrected chi connectivity index (χ0v) is 8.70. The largest absolute Gasteiger partial charge is 0.462 e. The van der Waals surface area contributed by atoms with Crippen LogP contribution >= 0.6 is 0 Å². The molecule has 3 heteroatoms. The molecular weight excluding hydrogens is 180 g/mol. The van der Waals surface area contributed by atoms with E-state index in [2.05, 4.69) is 6.92 Å². The predicted molar refractivity (Wildman–Crippen MR) is 51.9 cm³/mol. The third-order valence-electron chi connectivity index (χ3n) is 3.15. The highest BCUT2D eigenvalue weighted by molar-refractivity contribution is 5.72. The summed E-state index contributed by atoms with van der Waals surface area (Å²) in [4.78, 5) is 11.0. The van der Waals surface area contributed by atoms with Gasteiger partial charge in [-0.3, -0.25) is 4.79 Å². The Morgan fingerprint density at radius 1 is 1.50 bits per heavy atom. The second-order valence-electron chi connectivity index (χ2n) is 4.31. The van der Waals surface area contributed by atoms with E-state index >= 15 is 0 Å². The van der Waals surface area contributed by atoms with Crippen LogP contribution in [-0.2, 0) is 14.3 Å². The van der Waals surface area contributed by atoms with Gasteiger partial charge in [-0.25, -0.2) is 0 Å². The lowest BCUT2D eigenvalue weighted by atomic mass is 10.1. The number of hydrogen-bond acceptors (Lipinski definition) is 3. The summed E-state index contributed by atoms with van der Waals surface area (Å²) < 4.78 is 10.9. The van der Waals surface area contributed by atoms with E-state index in [-0.39, 0.29) is 12.1 Å². The fraction of sp³-hybridized carbons (Fsp3) is 0.909. The van der Waals surface area contributed by atoms with Crippen LogP contribution < -0.4 is 0 Å². The molecule has 0 spiro atoms. The molecule has 2 aliphatic rings. The van der Waals surface area contributed by atoms with E-state index < -0.39 is 0 Å². The number of hydrogen-bond donors (Lipinski definition) is 0. The predicted octanol–water partition coefficient (Wildman–Crippen LogP) is 1.90. The third kappa shape index (κ3) is 2.08. The van der Waals surface area contributed by atoms with Crippen molar-refractivity contribution in [2.24, 2.45) is 5.92 Å². The van der Waals surface area contributed by atoms with Crippen molar-refractivity contribution < 1.29 is 14.3 Å². The van der Waals surface area contributed by atoms with Crippen LogP contribution in [-0.4, -0.2) is 24.8 Å². The Kier molecular flexibility index (Phi) is 3.06. The molecule has 1 saturated heterocycles. The number of ether oxygens (including phenoxy) is 2. The van der Waals surface area contributed by atoms with E-state index in [1.54, 1.807) is 0 Å². The fourth-order valence-electron chi connectivity index (χ4n) is 2.36. The molecule has 80 valence electrons. The quantitative estimate of drug-likeness (QED) is 0.511. The van der Waals surface area contributed by atoms with Crippen LogP contribution in [0.1, 0.15) is 39.0 Å². The third-order valence-corrected chi connectivity index (χ3v) is 3.15. The van der Waals surface area contributed by atoms with Gasteiger partial charge in [-0.2, -0.15) is 0 Å². The summed E-state index contributed by atoms with van der Waals surface area (Å²) in [5, 5.41) is 0. The Morgan fingerprint density at radius 2 is 2.36 bits per heavy atom. The van der Waals surface area contributed by atoms with Gasteiger partial charge in [-0.1, -0.05) is 13.3 Å². The maximum Gasteiger partial charge on any atom is 0.306 e. The van der Waals surface area contributed by atoms with E-state index in [1.807, 2.05) is 0 Å². The molecule has 0 amide bonds. The van der Waals surface area contributed by atoms with Crippen LogP contribution in [0.3, 0.4) is 0 Å². The molecule has 2 fully saturated rings. The van der Waals surface area contributed by atoms with Gasteiger partial charge < -0.3 is 9.47 Å². The lowest BCUT2D eigenvalue weighted by molar-refractivity contribution is -0.142. The van der Waals surface area contributed by atoms with Gasteiger partial charge in [0.15, 0.2) is 0 Å². The Morgan fingerprint density at radius 3 is 3.07 bits per heavy atom. The Bertz CT molecular complexity index is 199. The van der Waals surface area contributed by atoms with Crippen LogP contribution in [0.4, 0.5) is 0 Å². The van der Waals surface area contributed by atoms with Crippen molar-refractivity contribution in [2.45, 2.75) is 51.2 Å². The molecule has 0 aromatic heterocycles. The molecule has 1 aliphatic heterocycles. The summed E-state index contributed by atoms with van der Waals surface area (Å²) in [6.07, 6.45) is 5.34. The number of rotatable bonds is 4. The van der Waals surface area contributed by atoms with E-state index in [1.165, 1.54) is 6.42 Å². The normalized spacial score (nSPS) is 35.8. The fourth-order valence-corrected chi connectivity index (χ4v) is 2.36. The number of esters is 1. The highest BCUT2D eigenvalue weighted by Crippen LogP contribution is 2.37. The van der Waals surface area contributed by atoms with Gasteiger partial charge in [0.25, 0.3) is 0 Å². The summed E-state index contributed by atoms with van der Waals surface area (Å²) in [6.45, 7) is 3.02. The van der Waals surface area contributed by atoms with Crippen LogP contribution in [0, 0.1) is 5.92 Å². The molecule has 3 nitrogen and oxygen atoms in total. The maximum absolute atomic E-state index is 11.0. The average molecular weight is 198 g/mol. The Balaban J connectivity index is 1.72. The van der Waals surface area contributed by atoms with Gasteiger partial charge in [-0.15, -0.1) is 0 Å². The molecular formula is C11H18O3. The van der Waals surface area contributed by atoms with E-state index in [4.69, 9.17) is 9.47 Å². The van der Waals surface area contributed by atoms with Crippen LogP contribution in [0.2, 0.25) is 0 Å². The first kappa shape index (κ1) is 9.97. The SMILES string of the molecule is CCCCO[C@@H]1C[C@@H]2CC(=O)O[C@@H]2C1. The van der Waals surface area contributed by atoms with E-state index in [9.17, 15) is 4.79 Å². The summed E-state index contributed by atoms with van der Waals surface area (Å²) >= 11 is 0. The second kappa shape index (κ2) is 4.30. The van der Waals surface area contributed by atoms with E-state index in [0.29, 0.717) is 18.4 Å². The topological polar surface area (TPSA) is 35.5 Å². The minimum Gasteiger partial charge on any atom is -0.462 e. The molecule has 1 saturated carbocycles. The minimum atomic E-state index is -0.0213. The zero-order valence-electron chi connectivity index (χ0n) is 8.70. The van der Waals surface area contributed by atoms with Gasteiger partial charge in [0.05, 0.1) is 12.5 Å². The maximum atomic E-state index is 11.0. The van der Waals surface area contributed by atoms with Crippen LogP contribution in [0.5, 0.6) is 0 Å². The van der Waals surface area contributed by atoms with Crippen molar-refractivity contribution >= 4 is 5.97 Å². The minimum absolute atomic E-state index is 0.0213. The molecule has 2 rings (SSSR count). The van der Waals surface area contributed by atoms with Crippen LogP contribution in [0.25, 0.3) is 0 Å². The molecule has 0 aromatic rings. The Hall–Kier alpha value is -0.570. The van der Waals surface area contributed by atoms with Gasteiger partial charge >= 0.3 is 5.97 Å². The Labute approximate surface area is 84.8 Å². The van der Waals surface area contributed by atoms with Crippen molar-refractivity contribution in [2.75, 3.05) is 6.61 Å². The highest BCUT2D eigenvalue weighted by Gasteiger charge is 2.43. The lowest BCUT2D eigenvalue weighted by Gasteiger charge is -2.11. The molecule has 0 aromatic carbocycles. The number of unbranched alkanes of at least 4 members (excludes halogenated alkanes) is 1. The second-order valence-corrected chi connectivity index (χ2v) is 4.31. The standard InChI is InChI=1S/C11H18O3/c1-2-3-4-13-9-5-8-6-11(12)14-10(8)7-9/h8-10H,2-7H2,1H3/t8-,9-,10-/m1/s1. The van der Waals surface area contributed by atoms with Gasteiger partial charge in [0.1, 0.15) is 6.10 Å². The lowest BCUT2D eigenvalue weighted by Crippen LogP contribution is -2.13. The number of carbonyl (C=O) groups is 1. The molecule has 3 atom stereocenters. The average Bonchev–Trinajstić information content (AvgIpc) is 2.61. The summed E-state index contributed by atoms with van der Waals surface area (Å²) in [5.74, 6) is 0.418. The summed E-state index contributed by atoms with van der Waals surface area (Å²) in [5.41, 5.74) is 0. The molecule has 0 radical (unpaired) electrons. The molecule has 0 unspecified atom stereocenters. The molecule has 1 heterocycles. The number of fused-ring (bicyclic) bond motifs is 1. The molecule has 14 heavy (non-hydrogen) atoms. The van der Waals surface area contributed by atoms with Crippen molar-refractivity contribution in [1.82, 2.24) is 0 Å². The smallest absolute Gasteiger partial charge is 0.306 e. The first-order chi connectivity index (χ1) is 6.79. The zero-order chi connectivity index (χ0) is 9.97. The highest BCUT2D eigenvalue weighted by atomic mass is 16.6. The summed E-state index contributed by atoms with van der Waals surface area (Å²) in [6, 6.07) is 0. The summed E-state index contributed by atoms with van der Waals surface area (Å²) in [7, 11) is 0. The first-order valence-electron chi connectivity index (χ1n) is 5.60. The van der Waals surface area contributed by atoms with E-state index in [0.717, 1.165) is 25.9 Å². The van der Waals surface area contributed by atoms with Crippen molar-refractivity contribution in [3.63, 3.8) is 0 Å². The molecule has 0 N–H and O–H groups in total. The van der Waals surface area contributed by atoms with Crippen molar-refractivity contribution in [3.05, 3.63) is 0 Å². The van der Waals surface area contributed by atoms with Gasteiger partial charge in [-0.05, 0) is 12.8 Å². The van der Waals surface area contributed by atoms with Crippen molar-refractivity contribution in [3.8, 4) is 0 Å². The molecule has 0 bridgehead atoms. The molecule has 1 aliphatic carbocycles. The monoisotopic (exact) mass is 198 g/mol.